The molecule has 4 unspecified atom stereocenters. The minimum Gasteiger partial charge on any atom is -0.500 e. The van der Waals surface area contributed by atoms with E-state index in [-0.39, 0.29) is 66.2 Å². The summed E-state index contributed by atoms with van der Waals surface area (Å²) in [6.45, 7) is 28.4. The first-order chi connectivity index (χ1) is 27.4. The van der Waals surface area contributed by atoms with E-state index in [0.717, 1.165) is 25.1 Å². The molecule has 1 heterocycles. The number of hydrogen-bond acceptors (Lipinski definition) is 9. The third-order valence-electron chi connectivity index (χ3n) is 11.5. The number of aliphatic hydroxyl groups is 1. The zero-order chi connectivity index (χ0) is 44.9. The summed E-state index contributed by atoms with van der Waals surface area (Å²) in [5.74, 6) is -0.146. The van der Waals surface area contributed by atoms with Crippen molar-refractivity contribution in [3.63, 3.8) is 0 Å². The van der Waals surface area contributed by atoms with Gasteiger partial charge in [0.2, 0.25) is 23.6 Å². The van der Waals surface area contributed by atoms with Crippen LogP contribution in [0, 0.1) is 29.6 Å². The third kappa shape index (κ3) is 16.0. The zero-order valence-corrected chi connectivity index (χ0v) is 39.1. The number of likely N-dealkylation sites (tertiary alicyclic amines) is 1. The van der Waals surface area contributed by atoms with Crippen LogP contribution in [0.5, 0.6) is 0 Å². The molecule has 58 heavy (non-hydrogen) atoms. The molecule has 0 bridgehead atoms. The first kappa shape index (κ1) is 54.6. The molecule has 0 spiro atoms. The van der Waals surface area contributed by atoms with Crippen LogP contribution in [-0.2, 0) is 28.7 Å². The molecule has 1 fully saturated rings. The number of ether oxygens (including phenoxy) is 1. The number of amides is 4. The lowest BCUT2D eigenvalue weighted by Gasteiger charge is -2.41. The number of nitrogens with zero attached hydrogens (tertiary/aromatic N) is 3. The third-order valence-corrected chi connectivity index (χ3v) is 12.1. The van der Waals surface area contributed by atoms with Gasteiger partial charge in [-0.15, -0.1) is 0 Å². The summed E-state index contributed by atoms with van der Waals surface area (Å²) in [4.78, 5) is 72.8. The maximum absolute atomic E-state index is 14.4. The van der Waals surface area contributed by atoms with Crippen LogP contribution in [0.4, 0.5) is 0 Å². The first-order valence-electron chi connectivity index (χ1n) is 21.1. The van der Waals surface area contributed by atoms with Gasteiger partial charge in [0.15, 0.2) is 11.7 Å². The molecule has 1 aliphatic rings. The molecular formula is C45H79N5O7S. The topological polar surface area (TPSA) is 149 Å². The van der Waals surface area contributed by atoms with Crippen LogP contribution in [0.25, 0.3) is 0 Å². The minimum atomic E-state index is -0.994. The molecule has 9 atom stereocenters. The lowest BCUT2D eigenvalue weighted by molar-refractivity contribution is -0.147. The summed E-state index contributed by atoms with van der Waals surface area (Å²) in [5.41, 5.74) is 0.672. The number of thioether (sulfide) groups is 1. The molecule has 0 aliphatic carbocycles. The molecule has 1 rings (SSSR count). The summed E-state index contributed by atoms with van der Waals surface area (Å²) >= 11 is 1.72. The van der Waals surface area contributed by atoms with Crippen molar-refractivity contribution in [3.8, 4) is 0 Å². The molecule has 0 radical (unpaired) electrons. The summed E-state index contributed by atoms with van der Waals surface area (Å²) in [6, 6.07) is -2.86. The number of likely N-dealkylation sites (N-methyl/N-ethyl adjacent to an activating group) is 2. The number of allylic oxidation sites excluding steroid dienone is 3. The van der Waals surface area contributed by atoms with Crippen molar-refractivity contribution in [1.29, 1.82) is 0 Å². The smallest absolute Gasteiger partial charge is 0.245 e. The van der Waals surface area contributed by atoms with Gasteiger partial charge >= 0.3 is 0 Å². The van der Waals surface area contributed by atoms with E-state index in [4.69, 9.17) is 4.74 Å². The Labute approximate surface area is 355 Å². The fourth-order valence-electron chi connectivity index (χ4n) is 7.79. The molecular weight excluding hydrogens is 755 g/mol. The fraction of sp³-hybridized carbons (Fsp3) is 0.733. The summed E-state index contributed by atoms with van der Waals surface area (Å²) in [6.07, 6.45) is 8.58. The molecule has 1 aliphatic heterocycles. The van der Waals surface area contributed by atoms with Crippen LogP contribution in [0.3, 0.4) is 0 Å². The number of carbonyl (C=O) groups excluding carboxylic acids is 5. The molecule has 13 heteroatoms. The lowest BCUT2D eigenvalue weighted by atomic mass is 9.86. The SMILES string of the molecule is C=C/C=C(\C=C)C[C@H](NC(=O)C(C)C(C)[C@@H]1CCCN1C(=O)CC(OC)[C@H]([C@@H](C)CC)N(C)C(=O)[C@@H](NC(=O)C(C(C)C)N(C)CCSC)C(C)C)C(O)=C=O.CC. The van der Waals surface area contributed by atoms with Gasteiger partial charge in [0.25, 0.3) is 0 Å². The van der Waals surface area contributed by atoms with Crippen LogP contribution in [0.2, 0.25) is 0 Å². The predicted octanol–water partition coefficient (Wildman–Crippen LogP) is 6.46. The normalized spacial score (nSPS) is 18.4. The Morgan fingerprint density at radius 1 is 1.00 bits per heavy atom. The average molecular weight is 834 g/mol. The molecule has 332 valence electrons. The highest BCUT2D eigenvalue weighted by Crippen LogP contribution is 2.31. The number of rotatable bonds is 25. The van der Waals surface area contributed by atoms with Crippen LogP contribution >= 0.6 is 11.8 Å². The van der Waals surface area contributed by atoms with E-state index in [1.807, 2.05) is 85.4 Å². The molecule has 12 nitrogen and oxygen atoms in total. The van der Waals surface area contributed by atoms with Crippen molar-refractivity contribution in [2.24, 2.45) is 29.6 Å². The average Bonchev–Trinajstić information content (AvgIpc) is 3.70. The molecule has 4 amide bonds. The van der Waals surface area contributed by atoms with E-state index in [2.05, 4.69) is 23.8 Å². The number of methoxy groups -OCH3 is 1. The lowest BCUT2D eigenvalue weighted by Crippen LogP contribution is -2.60. The number of nitrogens with one attached hydrogen (secondary N) is 2. The Hall–Kier alpha value is -3.38. The standard InChI is InChI=1S/C43H73N5O7S.C2H6/c1-15-19-32(17-3)24-33(35(50)26-49)44-41(52)31(10)30(9)34-20-18-21-48(34)37(51)25-36(55-13)40(29(8)16-2)47(12)43(54)38(27(4)5)45-42(53)39(28(6)7)46(11)22-23-56-14;1-2/h15,17,19,27-31,33-34,36,38-40,50H,1,3,16,18,20-25H2,2,4-14H3,(H,44,52)(H,45,53);1-2H3/b32-19+;/t29-,30?,31?,33-,34-,36?,38-,39?,40-;/m0./s1. The van der Waals surface area contributed by atoms with Gasteiger partial charge in [0.1, 0.15) is 12.1 Å². The Morgan fingerprint density at radius 3 is 2.10 bits per heavy atom. The summed E-state index contributed by atoms with van der Waals surface area (Å²) < 4.78 is 6.04. The Balaban J connectivity index is 0.0000160. The second-order valence-corrected chi connectivity index (χ2v) is 17.1. The van der Waals surface area contributed by atoms with Gasteiger partial charge in [-0.2, -0.15) is 11.8 Å². The van der Waals surface area contributed by atoms with Gasteiger partial charge < -0.3 is 30.3 Å². The predicted molar refractivity (Wildman–Crippen MR) is 239 cm³/mol. The van der Waals surface area contributed by atoms with E-state index in [1.165, 1.54) is 5.94 Å². The van der Waals surface area contributed by atoms with E-state index in [0.29, 0.717) is 18.5 Å². The van der Waals surface area contributed by atoms with E-state index >= 15 is 0 Å². The van der Waals surface area contributed by atoms with Gasteiger partial charge in [-0.25, -0.2) is 4.79 Å². The number of aliphatic hydroxyl groups excluding tert-OH is 1. The zero-order valence-electron chi connectivity index (χ0n) is 38.3. The van der Waals surface area contributed by atoms with Crippen molar-refractivity contribution in [3.05, 3.63) is 42.7 Å². The molecule has 3 N–H and O–H groups in total. The second kappa shape index (κ2) is 28.2. The summed E-state index contributed by atoms with van der Waals surface area (Å²) in [7, 11) is 5.24. The van der Waals surface area contributed by atoms with Crippen molar-refractivity contribution in [2.75, 3.05) is 46.3 Å². The quantitative estimate of drug-likeness (QED) is 0.0536. The minimum absolute atomic E-state index is 0.0291. The van der Waals surface area contributed by atoms with Gasteiger partial charge in [0.05, 0.1) is 24.6 Å². The van der Waals surface area contributed by atoms with Crippen molar-refractivity contribution < 1.29 is 33.8 Å². The molecule has 0 aromatic rings. The van der Waals surface area contributed by atoms with Gasteiger partial charge in [0, 0.05) is 51.4 Å². The van der Waals surface area contributed by atoms with E-state index in [9.17, 15) is 29.1 Å². The largest absolute Gasteiger partial charge is 0.500 e. The fourth-order valence-corrected chi connectivity index (χ4v) is 8.26. The Bertz CT molecular complexity index is 1400. The number of carbonyl (C=O) groups is 4. The molecule has 1 saturated heterocycles. The highest BCUT2D eigenvalue weighted by Gasteiger charge is 2.42. The maximum Gasteiger partial charge on any atom is 0.245 e. The van der Waals surface area contributed by atoms with Crippen molar-refractivity contribution >= 4 is 41.3 Å². The van der Waals surface area contributed by atoms with Gasteiger partial charge in [-0.3, -0.25) is 24.1 Å². The number of hydrogen-bond donors (Lipinski definition) is 3. The highest BCUT2D eigenvalue weighted by molar-refractivity contribution is 7.98. The van der Waals surface area contributed by atoms with Gasteiger partial charge in [-0.05, 0) is 55.4 Å². The van der Waals surface area contributed by atoms with Crippen LogP contribution in [0.15, 0.2) is 42.7 Å². The van der Waals surface area contributed by atoms with Gasteiger partial charge in [-0.1, -0.05) is 107 Å². The molecule has 0 saturated carbocycles. The van der Waals surface area contributed by atoms with E-state index < -0.39 is 41.9 Å². The van der Waals surface area contributed by atoms with Crippen molar-refractivity contribution in [2.45, 2.75) is 138 Å². The maximum atomic E-state index is 14.4. The van der Waals surface area contributed by atoms with Crippen LogP contribution in [0.1, 0.15) is 101 Å². The Morgan fingerprint density at radius 2 is 1.62 bits per heavy atom. The second-order valence-electron chi connectivity index (χ2n) is 16.1. The molecule has 0 aromatic heterocycles. The van der Waals surface area contributed by atoms with Crippen molar-refractivity contribution in [1.82, 2.24) is 25.3 Å². The van der Waals surface area contributed by atoms with Crippen LogP contribution in [-0.4, -0.2) is 132 Å². The first-order valence-corrected chi connectivity index (χ1v) is 22.5. The highest BCUT2D eigenvalue weighted by atomic mass is 32.2. The summed E-state index contributed by atoms with van der Waals surface area (Å²) in [5, 5.41) is 16.2. The van der Waals surface area contributed by atoms with E-state index in [1.54, 1.807) is 56.0 Å². The van der Waals surface area contributed by atoms with Crippen LogP contribution < -0.4 is 10.6 Å². The monoisotopic (exact) mass is 834 g/mol. The Kier molecular flexibility index (Phi) is 26.5. The molecule has 0 aromatic carbocycles.